The molecule has 28 heavy (non-hydrogen) atoms. The number of aliphatic hydroxyl groups is 1. The fourth-order valence-electron chi connectivity index (χ4n) is 3.45. The van der Waals surface area contributed by atoms with E-state index < -0.39 is 16.9 Å². The average Bonchev–Trinajstić information content (AvgIpc) is 3.25. The van der Waals surface area contributed by atoms with Crippen molar-refractivity contribution in [3.05, 3.63) is 6.33 Å². The maximum absolute atomic E-state index is 11.2. The van der Waals surface area contributed by atoms with Gasteiger partial charge in [-0.25, -0.2) is 9.29 Å². The largest absolute Gasteiger partial charge is 0.760 e. The van der Waals surface area contributed by atoms with E-state index in [0.717, 1.165) is 0 Å². The second-order valence-corrected chi connectivity index (χ2v) is 8.54. The lowest BCUT2D eigenvalue weighted by atomic mass is 9.97. The summed E-state index contributed by atoms with van der Waals surface area (Å²) >= 11 is -2.22. The van der Waals surface area contributed by atoms with Crippen LogP contribution in [0.15, 0.2) is 6.33 Å². The van der Waals surface area contributed by atoms with Crippen molar-refractivity contribution in [2.75, 3.05) is 23.7 Å². The monoisotopic (exact) mass is 410 g/mol. The van der Waals surface area contributed by atoms with Gasteiger partial charge in [-0.1, -0.05) is 6.92 Å². The van der Waals surface area contributed by atoms with Crippen LogP contribution < -0.4 is 10.6 Å². The van der Waals surface area contributed by atoms with E-state index in [4.69, 9.17) is 0 Å². The Labute approximate surface area is 167 Å². The van der Waals surface area contributed by atoms with Crippen LogP contribution in [0, 0.1) is 0 Å². The fourth-order valence-corrected chi connectivity index (χ4v) is 4.01. The van der Waals surface area contributed by atoms with Crippen molar-refractivity contribution < 1.29 is 13.9 Å². The van der Waals surface area contributed by atoms with Crippen molar-refractivity contribution in [1.82, 2.24) is 23.8 Å². The molecule has 1 aliphatic heterocycles. The second kappa shape index (κ2) is 8.27. The molecule has 0 radical (unpaired) electrons. The van der Waals surface area contributed by atoms with Crippen molar-refractivity contribution in [2.45, 2.75) is 64.8 Å². The van der Waals surface area contributed by atoms with Gasteiger partial charge < -0.3 is 24.9 Å². The molecular formula is C17H28N7O3S-. The molecule has 0 saturated carbocycles. The van der Waals surface area contributed by atoms with Crippen LogP contribution in [0.2, 0.25) is 0 Å². The quantitative estimate of drug-likeness (QED) is 0.551. The molecule has 0 spiro atoms. The minimum absolute atomic E-state index is 0.0492. The lowest BCUT2D eigenvalue weighted by Gasteiger charge is -2.29. The zero-order valence-corrected chi connectivity index (χ0v) is 17.5. The van der Waals surface area contributed by atoms with Gasteiger partial charge in [0.25, 0.3) is 0 Å². The van der Waals surface area contributed by atoms with Gasteiger partial charge in [-0.15, -0.1) is 0 Å². The van der Waals surface area contributed by atoms with Crippen LogP contribution in [0.4, 0.5) is 11.8 Å². The smallest absolute Gasteiger partial charge is 0.227 e. The maximum Gasteiger partial charge on any atom is 0.227 e. The van der Waals surface area contributed by atoms with Crippen LogP contribution in [0.1, 0.15) is 40.5 Å². The summed E-state index contributed by atoms with van der Waals surface area (Å²) in [5.41, 5.74) is 0.399. The third-order valence-corrected chi connectivity index (χ3v) is 5.82. The number of hydrogen-bond acceptors (Lipinski definition) is 8. The van der Waals surface area contributed by atoms with Crippen LogP contribution in [-0.2, 0) is 17.8 Å². The molecule has 0 aromatic carbocycles. The Balaban J connectivity index is 1.92. The first-order chi connectivity index (χ1) is 13.2. The number of aryl methyl sites for hydroxylation is 1. The van der Waals surface area contributed by atoms with Crippen molar-refractivity contribution in [3.63, 3.8) is 0 Å². The Morgan fingerprint density at radius 3 is 2.75 bits per heavy atom. The molecule has 3 N–H and O–H groups in total. The predicted octanol–water partition coefficient (Wildman–Crippen LogP) is 1.09. The van der Waals surface area contributed by atoms with Crippen LogP contribution in [-0.4, -0.2) is 68.5 Å². The Bertz CT molecular complexity index is 851. The number of rotatable bonds is 8. The summed E-state index contributed by atoms with van der Waals surface area (Å²) in [5.74, 6) is 0.968. The summed E-state index contributed by atoms with van der Waals surface area (Å²) in [4.78, 5) is 13.6. The minimum Gasteiger partial charge on any atom is -0.760 e. The van der Waals surface area contributed by atoms with E-state index in [0.29, 0.717) is 55.4 Å². The summed E-state index contributed by atoms with van der Waals surface area (Å²) < 4.78 is 25.7. The molecule has 0 amide bonds. The first-order valence-corrected chi connectivity index (χ1v) is 10.6. The standard InChI is InChI=1S/C17H29N7O3S/c1-5-12(17(3,4)25)20-16-21-14(13-15(22-16)23(6-2)10-18-13)19-11-7-8-24(9-11)28(26)27/h10-12,25H,5-9H2,1-4H3,(H,26,27)(H2,19,20,21,22)/p-1. The highest BCUT2D eigenvalue weighted by Gasteiger charge is 2.28. The van der Waals surface area contributed by atoms with Gasteiger partial charge in [0.1, 0.15) is 0 Å². The number of imidazole rings is 1. The molecular weight excluding hydrogens is 382 g/mol. The van der Waals surface area contributed by atoms with Gasteiger partial charge in [0.2, 0.25) is 5.95 Å². The predicted molar refractivity (Wildman–Crippen MR) is 108 cm³/mol. The van der Waals surface area contributed by atoms with E-state index in [1.54, 1.807) is 20.2 Å². The van der Waals surface area contributed by atoms with E-state index in [2.05, 4.69) is 25.6 Å². The number of anilines is 2. The fraction of sp³-hybridized carbons (Fsp3) is 0.706. The lowest BCUT2D eigenvalue weighted by Crippen LogP contribution is -2.41. The molecule has 2 aromatic rings. The van der Waals surface area contributed by atoms with Crippen LogP contribution in [0.5, 0.6) is 0 Å². The minimum atomic E-state index is -2.22. The molecule has 3 unspecified atom stereocenters. The second-order valence-electron chi connectivity index (χ2n) is 7.59. The van der Waals surface area contributed by atoms with Crippen molar-refractivity contribution in [1.29, 1.82) is 0 Å². The average molecular weight is 411 g/mol. The summed E-state index contributed by atoms with van der Waals surface area (Å²) in [6.07, 6.45) is 3.11. The van der Waals surface area contributed by atoms with Gasteiger partial charge in [-0.2, -0.15) is 9.97 Å². The zero-order valence-electron chi connectivity index (χ0n) is 16.7. The van der Waals surface area contributed by atoms with Crippen molar-refractivity contribution in [3.8, 4) is 0 Å². The Kier molecular flexibility index (Phi) is 6.18. The van der Waals surface area contributed by atoms with E-state index in [9.17, 15) is 13.9 Å². The molecule has 1 aliphatic rings. The van der Waals surface area contributed by atoms with Gasteiger partial charge in [-0.05, 0) is 33.6 Å². The van der Waals surface area contributed by atoms with Crippen LogP contribution in [0.3, 0.4) is 0 Å². The first-order valence-electron chi connectivity index (χ1n) is 9.55. The summed E-state index contributed by atoms with van der Waals surface area (Å²) in [6, 6.07) is -0.271. The number of nitrogens with zero attached hydrogens (tertiary/aromatic N) is 5. The van der Waals surface area contributed by atoms with E-state index >= 15 is 0 Å². The van der Waals surface area contributed by atoms with Crippen molar-refractivity contribution >= 4 is 34.2 Å². The highest BCUT2D eigenvalue weighted by Crippen LogP contribution is 2.25. The Morgan fingerprint density at radius 1 is 1.43 bits per heavy atom. The molecule has 1 saturated heterocycles. The Morgan fingerprint density at radius 2 is 2.18 bits per heavy atom. The third-order valence-electron chi connectivity index (χ3n) is 5.07. The molecule has 3 atom stereocenters. The molecule has 0 aliphatic carbocycles. The number of fused-ring (bicyclic) bond motifs is 1. The van der Waals surface area contributed by atoms with Crippen LogP contribution in [0.25, 0.3) is 11.2 Å². The molecule has 2 aromatic heterocycles. The molecule has 1 fully saturated rings. The lowest BCUT2D eigenvalue weighted by molar-refractivity contribution is 0.0577. The highest BCUT2D eigenvalue weighted by atomic mass is 32.2. The number of nitrogens with one attached hydrogen (secondary N) is 2. The molecule has 3 rings (SSSR count). The summed E-state index contributed by atoms with van der Waals surface area (Å²) in [7, 11) is 0. The molecule has 10 nitrogen and oxygen atoms in total. The molecule has 11 heteroatoms. The maximum atomic E-state index is 11.2. The summed E-state index contributed by atoms with van der Waals surface area (Å²) in [6.45, 7) is 9.07. The number of aromatic nitrogens is 4. The zero-order chi connectivity index (χ0) is 20.5. The first kappa shape index (κ1) is 20.9. The SMILES string of the molecule is CCC(Nc1nc(NC2CCN(S(=O)[O-])C2)c2ncn(CC)c2n1)C(C)(C)O. The number of hydrogen-bond donors (Lipinski definition) is 3. The molecule has 156 valence electrons. The highest BCUT2D eigenvalue weighted by molar-refractivity contribution is 7.76. The van der Waals surface area contributed by atoms with E-state index in [1.165, 1.54) is 4.31 Å². The Hall–Kier alpha value is -1.82. The normalized spacial score (nSPS) is 20.4. The van der Waals surface area contributed by atoms with Crippen molar-refractivity contribution in [2.24, 2.45) is 0 Å². The van der Waals surface area contributed by atoms with Gasteiger partial charge >= 0.3 is 0 Å². The van der Waals surface area contributed by atoms with Gasteiger partial charge in [0, 0.05) is 36.9 Å². The van der Waals surface area contributed by atoms with E-state index in [1.807, 2.05) is 18.4 Å². The van der Waals surface area contributed by atoms with E-state index in [-0.39, 0.29) is 12.1 Å². The van der Waals surface area contributed by atoms with Gasteiger partial charge in [-0.3, -0.25) is 4.21 Å². The molecule has 3 heterocycles. The van der Waals surface area contributed by atoms with Crippen LogP contribution >= 0.6 is 0 Å². The topological polar surface area (TPSA) is 131 Å². The molecule has 0 bridgehead atoms. The van der Waals surface area contributed by atoms with Gasteiger partial charge in [0.15, 0.2) is 17.0 Å². The van der Waals surface area contributed by atoms with Gasteiger partial charge in [0.05, 0.1) is 18.0 Å². The third kappa shape index (κ3) is 4.43. The summed E-state index contributed by atoms with van der Waals surface area (Å²) in [5, 5.41) is 16.9.